The largest absolute Gasteiger partial charge is 0.335 e. The van der Waals surface area contributed by atoms with Crippen LogP contribution in [0.3, 0.4) is 0 Å². The molecule has 0 atom stereocenters. The van der Waals surface area contributed by atoms with Gasteiger partial charge in [0, 0.05) is 4.47 Å². The van der Waals surface area contributed by atoms with Gasteiger partial charge < -0.3 is 5.32 Å². The second kappa shape index (κ2) is 5.47. The van der Waals surface area contributed by atoms with Crippen LogP contribution in [0.2, 0.25) is 5.02 Å². The Bertz CT molecular complexity index is 560. The van der Waals surface area contributed by atoms with Crippen molar-refractivity contribution in [1.29, 1.82) is 0 Å². The lowest BCUT2D eigenvalue weighted by Crippen LogP contribution is -2.11. The van der Waals surface area contributed by atoms with Gasteiger partial charge in [0.2, 0.25) is 5.95 Å². The lowest BCUT2D eigenvalue weighted by Gasteiger charge is -2.10. The van der Waals surface area contributed by atoms with Crippen molar-refractivity contribution in [2.75, 3.05) is 10.7 Å². The summed E-state index contributed by atoms with van der Waals surface area (Å²) in [6.07, 6.45) is 1.36. The Morgan fingerprint density at radius 1 is 1.39 bits per heavy atom. The van der Waals surface area contributed by atoms with E-state index < -0.39 is 5.82 Å². The Kier molecular flexibility index (Phi) is 3.95. The summed E-state index contributed by atoms with van der Waals surface area (Å²) in [7, 11) is 0. The third-order valence-electron chi connectivity index (χ3n) is 2.08. The number of aromatic nitrogens is 2. The molecule has 4 N–H and O–H groups in total. The van der Waals surface area contributed by atoms with Crippen LogP contribution in [0.25, 0.3) is 0 Å². The lowest BCUT2D eigenvalue weighted by atomic mass is 10.3. The van der Waals surface area contributed by atoms with Gasteiger partial charge in [-0.3, -0.25) is 5.43 Å². The number of nitrogens with two attached hydrogens (primary N) is 1. The third kappa shape index (κ3) is 2.69. The van der Waals surface area contributed by atoms with Crippen molar-refractivity contribution in [3.63, 3.8) is 0 Å². The van der Waals surface area contributed by atoms with E-state index in [0.29, 0.717) is 4.47 Å². The van der Waals surface area contributed by atoms with Gasteiger partial charge in [-0.2, -0.15) is 4.98 Å². The van der Waals surface area contributed by atoms with Crippen molar-refractivity contribution in [3.05, 3.63) is 39.7 Å². The first-order valence-electron chi connectivity index (χ1n) is 4.82. The molecule has 94 valence electrons. The van der Waals surface area contributed by atoms with Crippen LogP contribution in [0.15, 0.2) is 28.9 Å². The Balaban J connectivity index is 2.39. The Morgan fingerprint density at radius 2 is 2.17 bits per heavy atom. The predicted molar refractivity (Wildman–Crippen MR) is 72.2 cm³/mol. The fourth-order valence-electron chi connectivity index (χ4n) is 1.26. The second-order valence-corrected chi connectivity index (χ2v) is 4.52. The number of hydrogen-bond acceptors (Lipinski definition) is 5. The molecule has 0 saturated heterocycles. The molecule has 0 fully saturated rings. The molecule has 2 rings (SSSR count). The summed E-state index contributed by atoms with van der Waals surface area (Å²) < 4.78 is 14.2. The molecule has 1 aromatic carbocycles. The third-order valence-corrected chi connectivity index (χ3v) is 3.02. The molecule has 1 heterocycles. The van der Waals surface area contributed by atoms with Crippen LogP contribution in [0.5, 0.6) is 0 Å². The van der Waals surface area contributed by atoms with Gasteiger partial charge >= 0.3 is 0 Å². The molecular formula is C10H8BrClFN5. The summed E-state index contributed by atoms with van der Waals surface area (Å²) in [6, 6.07) is 4.60. The van der Waals surface area contributed by atoms with Gasteiger partial charge in [-0.25, -0.2) is 15.2 Å². The maximum atomic E-state index is 13.6. The van der Waals surface area contributed by atoms with E-state index in [9.17, 15) is 4.39 Å². The predicted octanol–water partition coefficient (Wildman–Crippen LogP) is 3.06. The Labute approximate surface area is 116 Å². The summed E-state index contributed by atoms with van der Waals surface area (Å²) in [6.45, 7) is 0. The van der Waals surface area contributed by atoms with Crippen molar-refractivity contribution in [2.45, 2.75) is 0 Å². The van der Waals surface area contributed by atoms with Crippen LogP contribution in [0, 0.1) is 5.82 Å². The van der Waals surface area contributed by atoms with E-state index in [1.807, 2.05) is 0 Å². The monoisotopic (exact) mass is 331 g/mol. The van der Waals surface area contributed by atoms with Crippen LogP contribution >= 0.6 is 27.5 Å². The average molecular weight is 333 g/mol. The van der Waals surface area contributed by atoms with Crippen LogP contribution in [0.1, 0.15) is 0 Å². The minimum atomic E-state index is -0.429. The highest BCUT2D eigenvalue weighted by molar-refractivity contribution is 9.10. The minimum absolute atomic E-state index is 0.175. The molecule has 0 aliphatic carbocycles. The zero-order valence-electron chi connectivity index (χ0n) is 8.92. The van der Waals surface area contributed by atoms with E-state index >= 15 is 0 Å². The standard InChI is InChI=1S/C10H8BrClFN5/c11-5-2-1-3-7(13)8(5)16-9-6(12)4-15-10(17-9)18-14/h1-4H,14H2,(H2,15,16,17,18). The van der Waals surface area contributed by atoms with Crippen molar-refractivity contribution in [1.82, 2.24) is 9.97 Å². The number of para-hydroxylation sites is 1. The quantitative estimate of drug-likeness (QED) is 0.595. The number of hydrogen-bond donors (Lipinski definition) is 3. The summed E-state index contributed by atoms with van der Waals surface area (Å²) in [5, 5.41) is 3.04. The van der Waals surface area contributed by atoms with Crippen molar-refractivity contribution >= 4 is 45.0 Å². The number of nitrogens with zero attached hydrogens (tertiary/aromatic N) is 2. The number of halogens is 3. The summed E-state index contributed by atoms with van der Waals surface area (Å²) >= 11 is 9.15. The molecule has 0 radical (unpaired) electrons. The van der Waals surface area contributed by atoms with E-state index in [4.69, 9.17) is 17.4 Å². The molecule has 0 aliphatic heterocycles. The lowest BCUT2D eigenvalue weighted by molar-refractivity contribution is 0.631. The molecule has 5 nitrogen and oxygen atoms in total. The molecule has 1 aromatic heterocycles. The fraction of sp³-hybridized carbons (Fsp3) is 0. The molecule has 8 heteroatoms. The van der Waals surface area contributed by atoms with Gasteiger partial charge in [0.15, 0.2) is 5.82 Å². The van der Waals surface area contributed by atoms with E-state index in [0.717, 1.165) is 0 Å². The highest BCUT2D eigenvalue weighted by atomic mass is 79.9. The van der Waals surface area contributed by atoms with E-state index in [2.05, 4.69) is 36.6 Å². The minimum Gasteiger partial charge on any atom is -0.335 e. The van der Waals surface area contributed by atoms with Gasteiger partial charge in [0.25, 0.3) is 0 Å². The molecule has 0 bridgehead atoms. The highest BCUT2D eigenvalue weighted by Gasteiger charge is 2.10. The van der Waals surface area contributed by atoms with Crippen LogP contribution in [0.4, 0.5) is 21.8 Å². The molecule has 18 heavy (non-hydrogen) atoms. The number of rotatable bonds is 3. The normalized spacial score (nSPS) is 10.2. The van der Waals surface area contributed by atoms with Gasteiger partial charge in [-0.1, -0.05) is 17.7 Å². The number of nitrogen functional groups attached to an aromatic ring is 1. The molecule has 2 aromatic rings. The second-order valence-electron chi connectivity index (χ2n) is 3.26. The Hall–Kier alpha value is -1.44. The summed E-state index contributed by atoms with van der Waals surface area (Å²) in [5.41, 5.74) is 2.52. The van der Waals surface area contributed by atoms with Crippen molar-refractivity contribution in [3.8, 4) is 0 Å². The van der Waals surface area contributed by atoms with Crippen LogP contribution in [-0.4, -0.2) is 9.97 Å². The SMILES string of the molecule is NNc1ncc(Cl)c(Nc2c(F)cccc2Br)n1. The summed E-state index contributed by atoms with van der Waals surface area (Å²) in [5.74, 6) is 5.19. The van der Waals surface area contributed by atoms with Crippen molar-refractivity contribution < 1.29 is 4.39 Å². The fourth-order valence-corrected chi connectivity index (χ4v) is 1.84. The topological polar surface area (TPSA) is 75.9 Å². The number of nitrogens with one attached hydrogen (secondary N) is 2. The molecule has 0 amide bonds. The molecule has 0 saturated carbocycles. The van der Waals surface area contributed by atoms with Gasteiger partial charge in [-0.05, 0) is 28.1 Å². The zero-order chi connectivity index (χ0) is 13.1. The van der Waals surface area contributed by atoms with Gasteiger partial charge in [0.1, 0.15) is 10.8 Å². The summed E-state index contributed by atoms with van der Waals surface area (Å²) in [4.78, 5) is 7.81. The first-order valence-corrected chi connectivity index (χ1v) is 5.99. The van der Waals surface area contributed by atoms with Crippen molar-refractivity contribution in [2.24, 2.45) is 5.84 Å². The number of anilines is 3. The van der Waals surface area contributed by atoms with Gasteiger partial charge in [0.05, 0.1) is 11.9 Å². The molecular weight excluding hydrogens is 324 g/mol. The number of benzene rings is 1. The molecule has 0 aliphatic rings. The Morgan fingerprint density at radius 3 is 2.83 bits per heavy atom. The molecule has 0 unspecified atom stereocenters. The smallest absolute Gasteiger partial charge is 0.239 e. The molecule has 0 spiro atoms. The average Bonchev–Trinajstić information content (AvgIpc) is 2.36. The van der Waals surface area contributed by atoms with Crippen LogP contribution in [-0.2, 0) is 0 Å². The zero-order valence-corrected chi connectivity index (χ0v) is 11.3. The maximum absolute atomic E-state index is 13.6. The van der Waals surface area contributed by atoms with E-state index in [1.54, 1.807) is 12.1 Å². The highest BCUT2D eigenvalue weighted by Crippen LogP contribution is 2.30. The first-order chi connectivity index (χ1) is 8.61. The first kappa shape index (κ1) is 13.0. The van der Waals surface area contributed by atoms with E-state index in [-0.39, 0.29) is 22.5 Å². The van der Waals surface area contributed by atoms with Crippen LogP contribution < -0.4 is 16.6 Å². The van der Waals surface area contributed by atoms with E-state index in [1.165, 1.54) is 12.3 Å². The maximum Gasteiger partial charge on any atom is 0.239 e. The number of hydrazine groups is 1. The van der Waals surface area contributed by atoms with Gasteiger partial charge in [-0.15, -0.1) is 0 Å².